The number of halogens is 4. The molecule has 0 bridgehead atoms. The fourth-order valence-electron chi connectivity index (χ4n) is 1.19. The van der Waals surface area contributed by atoms with Crippen LogP contribution in [-0.2, 0) is 6.18 Å². The first-order chi connectivity index (χ1) is 7.88. The highest BCUT2D eigenvalue weighted by molar-refractivity contribution is 6.32. The Morgan fingerprint density at radius 3 is 2.53 bits per heavy atom. The maximum absolute atomic E-state index is 12.3. The van der Waals surface area contributed by atoms with Gasteiger partial charge in [-0.3, -0.25) is 0 Å². The average Bonchev–Trinajstić information content (AvgIpc) is 2.65. The van der Waals surface area contributed by atoms with Gasteiger partial charge in [0.05, 0.1) is 11.2 Å². The fraction of sp³-hybridized carbons (Fsp3) is 0.111. The van der Waals surface area contributed by atoms with Crippen molar-refractivity contribution in [2.75, 3.05) is 5.73 Å². The van der Waals surface area contributed by atoms with E-state index >= 15 is 0 Å². The molecule has 0 saturated heterocycles. The summed E-state index contributed by atoms with van der Waals surface area (Å²) in [5, 5.41) is 6.98. The predicted molar refractivity (Wildman–Crippen MR) is 55.8 cm³/mol. The van der Waals surface area contributed by atoms with E-state index < -0.39 is 11.9 Å². The molecule has 0 fully saturated rings. The Bertz CT molecular complexity index is 549. The van der Waals surface area contributed by atoms with Crippen molar-refractivity contribution in [1.29, 1.82) is 0 Å². The SMILES string of the molecule is Nc1ccc(-n2ncc(C(F)(F)F)n2)c(Cl)c1. The minimum absolute atomic E-state index is 0.175. The van der Waals surface area contributed by atoms with Crippen LogP contribution in [0.15, 0.2) is 24.4 Å². The quantitative estimate of drug-likeness (QED) is 0.804. The highest BCUT2D eigenvalue weighted by Gasteiger charge is 2.34. The van der Waals surface area contributed by atoms with Gasteiger partial charge in [0.1, 0.15) is 5.69 Å². The van der Waals surface area contributed by atoms with Gasteiger partial charge in [-0.05, 0) is 18.2 Å². The highest BCUT2D eigenvalue weighted by atomic mass is 35.5. The lowest BCUT2D eigenvalue weighted by Crippen LogP contribution is -2.07. The Kier molecular flexibility index (Phi) is 2.70. The molecule has 2 aromatic rings. The molecule has 0 amide bonds. The summed E-state index contributed by atoms with van der Waals surface area (Å²) in [5.74, 6) is 0. The lowest BCUT2D eigenvalue weighted by Gasteiger charge is -2.04. The molecule has 1 aromatic heterocycles. The fourth-order valence-corrected chi connectivity index (χ4v) is 1.46. The van der Waals surface area contributed by atoms with Crippen LogP contribution in [0, 0.1) is 0 Å². The van der Waals surface area contributed by atoms with Crippen LogP contribution in [0.5, 0.6) is 0 Å². The van der Waals surface area contributed by atoms with Crippen LogP contribution >= 0.6 is 11.6 Å². The van der Waals surface area contributed by atoms with E-state index in [-0.39, 0.29) is 10.7 Å². The molecule has 1 aromatic carbocycles. The molecular weight excluding hydrogens is 257 g/mol. The number of aromatic nitrogens is 3. The van der Waals surface area contributed by atoms with Gasteiger partial charge in [-0.25, -0.2) is 0 Å². The zero-order chi connectivity index (χ0) is 12.6. The molecule has 1 heterocycles. The largest absolute Gasteiger partial charge is 0.436 e. The number of rotatable bonds is 1. The molecule has 2 rings (SSSR count). The zero-order valence-electron chi connectivity index (χ0n) is 8.24. The van der Waals surface area contributed by atoms with Gasteiger partial charge < -0.3 is 5.73 Å². The topological polar surface area (TPSA) is 56.7 Å². The van der Waals surface area contributed by atoms with Crippen LogP contribution in [-0.4, -0.2) is 15.0 Å². The van der Waals surface area contributed by atoms with Crippen molar-refractivity contribution in [2.45, 2.75) is 6.18 Å². The summed E-state index contributed by atoms with van der Waals surface area (Å²) in [6.45, 7) is 0. The standard InChI is InChI=1S/C9H6ClF3N4/c10-6-3-5(14)1-2-7(6)17-15-4-8(16-17)9(11,12)13/h1-4H,14H2. The Balaban J connectivity index is 2.44. The third-order valence-corrected chi connectivity index (χ3v) is 2.27. The maximum Gasteiger partial charge on any atom is 0.436 e. The minimum atomic E-state index is -4.53. The molecule has 2 N–H and O–H groups in total. The summed E-state index contributed by atoms with van der Waals surface area (Å²) in [5.41, 5.74) is 5.02. The van der Waals surface area contributed by atoms with Crippen LogP contribution < -0.4 is 5.73 Å². The van der Waals surface area contributed by atoms with E-state index in [0.29, 0.717) is 11.9 Å². The van der Waals surface area contributed by atoms with E-state index in [1.165, 1.54) is 18.2 Å². The van der Waals surface area contributed by atoms with E-state index in [2.05, 4.69) is 10.2 Å². The molecule has 17 heavy (non-hydrogen) atoms. The number of hydrogen-bond acceptors (Lipinski definition) is 3. The van der Waals surface area contributed by atoms with Crippen LogP contribution in [0.1, 0.15) is 5.69 Å². The van der Waals surface area contributed by atoms with E-state index in [4.69, 9.17) is 17.3 Å². The summed E-state index contributed by atoms with van der Waals surface area (Å²) in [7, 11) is 0. The first-order valence-corrected chi connectivity index (χ1v) is 4.80. The summed E-state index contributed by atoms with van der Waals surface area (Å²) in [6, 6.07) is 4.35. The van der Waals surface area contributed by atoms with Crippen LogP contribution in [0.2, 0.25) is 5.02 Å². The van der Waals surface area contributed by atoms with Gasteiger partial charge in [0.15, 0.2) is 5.69 Å². The second-order valence-corrected chi connectivity index (χ2v) is 3.64. The Hall–Kier alpha value is -1.76. The Morgan fingerprint density at radius 2 is 2.00 bits per heavy atom. The summed E-state index contributed by atoms with van der Waals surface area (Å²) >= 11 is 5.83. The monoisotopic (exact) mass is 262 g/mol. The molecule has 0 aliphatic heterocycles. The Labute approximate surface area is 98.8 Å². The third kappa shape index (κ3) is 2.33. The van der Waals surface area contributed by atoms with Crippen molar-refractivity contribution >= 4 is 17.3 Å². The van der Waals surface area contributed by atoms with Crippen molar-refractivity contribution in [1.82, 2.24) is 15.0 Å². The van der Waals surface area contributed by atoms with E-state index in [9.17, 15) is 13.2 Å². The van der Waals surface area contributed by atoms with Gasteiger partial charge in [-0.15, -0.1) is 9.90 Å². The van der Waals surface area contributed by atoms with Crippen LogP contribution in [0.25, 0.3) is 5.69 Å². The third-order valence-electron chi connectivity index (χ3n) is 1.97. The van der Waals surface area contributed by atoms with E-state index in [1.54, 1.807) is 0 Å². The van der Waals surface area contributed by atoms with Crippen molar-refractivity contribution < 1.29 is 13.2 Å². The second-order valence-electron chi connectivity index (χ2n) is 3.23. The normalized spacial score (nSPS) is 11.8. The Morgan fingerprint density at radius 1 is 1.29 bits per heavy atom. The summed E-state index contributed by atoms with van der Waals surface area (Å²) in [6.07, 6.45) is -3.90. The first kappa shape index (κ1) is 11.7. The van der Waals surface area contributed by atoms with E-state index in [0.717, 1.165) is 4.80 Å². The molecule has 0 spiro atoms. The highest BCUT2D eigenvalue weighted by Crippen LogP contribution is 2.28. The molecule has 4 nitrogen and oxygen atoms in total. The van der Waals surface area contributed by atoms with Crippen molar-refractivity contribution in [3.05, 3.63) is 35.1 Å². The van der Waals surface area contributed by atoms with Gasteiger partial charge in [0.25, 0.3) is 0 Å². The number of nitrogens with zero attached hydrogens (tertiary/aromatic N) is 3. The van der Waals surface area contributed by atoms with Crippen molar-refractivity contribution in [3.63, 3.8) is 0 Å². The maximum atomic E-state index is 12.3. The number of alkyl halides is 3. The predicted octanol–water partition coefficient (Wildman–Crippen LogP) is 2.52. The van der Waals surface area contributed by atoms with Crippen molar-refractivity contribution in [3.8, 4) is 5.69 Å². The molecule has 0 aliphatic rings. The van der Waals surface area contributed by atoms with Gasteiger partial charge in [0.2, 0.25) is 0 Å². The van der Waals surface area contributed by atoms with Gasteiger partial charge in [-0.1, -0.05) is 11.6 Å². The molecule has 0 unspecified atom stereocenters. The molecule has 90 valence electrons. The van der Waals surface area contributed by atoms with Gasteiger partial charge >= 0.3 is 6.18 Å². The molecule has 8 heteroatoms. The second kappa shape index (κ2) is 3.92. The average molecular weight is 263 g/mol. The molecular formula is C9H6ClF3N4. The number of anilines is 1. The number of nitrogens with two attached hydrogens (primary N) is 1. The minimum Gasteiger partial charge on any atom is -0.399 e. The summed E-state index contributed by atoms with van der Waals surface area (Å²) in [4.78, 5) is 0.810. The lowest BCUT2D eigenvalue weighted by atomic mass is 10.3. The van der Waals surface area contributed by atoms with E-state index in [1.807, 2.05) is 0 Å². The van der Waals surface area contributed by atoms with Gasteiger partial charge in [-0.2, -0.15) is 18.3 Å². The summed E-state index contributed by atoms with van der Waals surface area (Å²) < 4.78 is 36.9. The van der Waals surface area contributed by atoms with Crippen molar-refractivity contribution in [2.24, 2.45) is 0 Å². The number of benzene rings is 1. The smallest absolute Gasteiger partial charge is 0.399 e. The lowest BCUT2D eigenvalue weighted by molar-refractivity contribution is -0.141. The number of hydrogen-bond donors (Lipinski definition) is 1. The molecule has 0 atom stereocenters. The van der Waals surface area contributed by atoms with Crippen LogP contribution in [0.3, 0.4) is 0 Å². The molecule has 0 radical (unpaired) electrons. The number of nitrogen functional groups attached to an aromatic ring is 1. The molecule has 0 aliphatic carbocycles. The molecule has 0 saturated carbocycles. The first-order valence-electron chi connectivity index (χ1n) is 4.43. The van der Waals surface area contributed by atoms with Gasteiger partial charge in [0, 0.05) is 5.69 Å². The van der Waals surface area contributed by atoms with Crippen LogP contribution in [0.4, 0.5) is 18.9 Å². The zero-order valence-corrected chi connectivity index (χ0v) is 9.00.